The van der Waals surface area contributed by atoms with Gasteiger partial charge in [0.15, 0.2) is 0 Å². The highest BCUT2D eigenvalue weighted by Gasteiger charge is 2.32. The molecule has 0 aromatic heterocycles. The lowest BCUT2D eigenvalue weighted by molar-refractivity contribution is 0.224. The van der Waals surface area contributed by atoms with Crippen molar-refractivity contribution >= 4 is 0 Å². The monoisotopic (exact) mass is 156 g/mol. The van der Waals surface area contributed by atoms with Crippen molar-refractivity contribution in [3.05, 3.63) is 0 Å². The second-order valence-corrected chi connectivity index (χ2v) is 3.62. The average molecular weight is 156 g/mol. The van der Waals surface area contributed by atoms with Crippen LogP contribution in [-0.2, 0) is 0 Å². The van der Waals surface area contributed by atoms with Gasteiger partial charge < -0.3 is 10.6 Å². The van der Waals surface area contributed by atoms with Crippen LogP contribution in [0.4, 0.5) is 0 Å². The van der Waals surface area contributed by atoms with Gasteiger partial charge in [0.1, 0.15) is 0 Å². The highest BCUT2D eigenvalue weighted by atomic mass is 15.1. The highest BCUT2D eigenvalue weighted by molar-refractivity contribution is 4.87. The first-order chi connectivity index (χ1) is 5.29. The third-order valence-electron chi connectivity index (χ3n) is 2.55. The van der Waals surface area contributed by atoms with E-state index in [0.717, 1.165) is 12.5 Å². The molecule has 0 radical (unpaired) electrons. The molecule has 1 aliphatic rings. The molecule has 2 nitrogen and oxygen atoms in total. The summed E-state index contributed by atoms with van der Waals surface area (Å²) in [5.74, 6) is 0.913. The number of hydrogen-bond acceptors (Lipinski definition) is 2. The van der Waals surface area contributed by atoms with Gasteiger partial charge in [0.2, 0.25) is 0 Å². The van der Waals surface area contributed by atoms with Gasteiger partial charge >= 0.3 is 0 Å². The van der Waals surface area contributed by atoms with Crippen LogP contribution in [-0.4, -0.2) is 31.1 Å². The minimum absolute atomic E-state index is 0.662. The second kappa shape index (κ2) is 4.07. The molecule has 0 aromatic rings. The van der Waals surface area contributed by atoms with Crippen molar-refractivity contribution in [2.24, 2.45) is 11.7 Å². The van der Waals surface area contributed by atoms with Gasteiger partial charge in [0.25, 0.3) is 0 Å². The molecule has 2 heteroatoms. The molecule has 0 aromatic carbocycles. The zero-order valence-electron chi connectivity index (χ0n) is 7.71. The molecule has 0 saturated heterocycles. The predicted molar refractivity (Wildman–Crippen MR) is 48.5 cm³/mol. The Kier molecular flexibility index (Phi) is 3.34. The summed E-state index contributed by atoms with van der Waals surface area (Å²) in [6.07, 6.45) is 4.03. The fourth-order valence-electron chi connectivity index (χ4n) is 1.73. The summed E-state index contributed by atoms with van der Waals surface area (Å²) in [4.78, 5) is 2.41. The van der Waals surface area contributed by atoms with Crippen molar-refractivity contribution in [3.63, 3.8) is 0 Å². The summed E-state index contributed by atoms with van der Waals surface area (Å²) in [6.45, 7) is 4.25. The zero-order chi connectivity index (χ0) is 8.27. The molecule has 1 aliphatic carbocycles. The van der Waals surface area contributed by atoms with Gasteiger partial charge in [0.05, 0.1) is 0 Å². The summed E-state index contributed by atoms with van der Waals surface area (Å²) in [6, 6.07) is 0.662. The van der Waals surface area contributed by atoms with Crippen LogP contribution in [0.15, 0.2) is 0 Å². The summed E-state index contributed by atoms with van der Waals surface area (Å²) >= 11 is 0. The van der Waals surface area contributed by atoms with E-state index in [1.807, 2.05) is 0 Å². The quantitative estimate of drug-likeness (QED) is 0.645. The normalized spacial score (nSPS) is 20.7. The largest absolute Gasteiger partial charge is 0.329 e. The molecule has 0 heterocycles. The topological polar surface area (TPSA) is 29.3 Å². The van der Waals surface area contributed by atoms with Gasteiger partial charge in [-0.15, -0.1) is 0 Å². The Morgan fingerprint density at radius 2 is 2.18 bits per heavy atom. The summed E-state index contributed by atoms with van der Waals surface area (Å²) in [7, 11) is 2.19. The van der Waals surface area contributed by atoms with E-state index in [1.165, 1.54) is 25.8 Å². The van der Waals surface area contributed by atoms with Crippen molar-refractivity contribution in [1.82, 2.24) is 4.90 Å². The average Bonchev–Trinajstić information content (AvgIpc) is 2.73. The van der Waals surface area contributed by atoms with E-state index in [-0.39, 0.29) is 0 Å². The van der Waals surface area contributed by atoms with Gasteiger partial charge in [-0.2, -0.15) is 0 Å². The Morgan fingerprint density at radius 1 is 1.55 bits per heavy atom. The Hall–Kier alpha value is -0.0800. The molecule has 1 unspecified atom stereocenters. The lowest BCUT2D eigenvalue weighted by atomic mass is 10.1. The van der Waals surface area contributed by atoms with E-state index in [1.54, 1.807) is 0 Å². The van der Waals surface area contributed by atoms with E-state index in [9.17, 15) is 0 Å². The fourth-order valence-corrected chi connectivity index (χ4v) is 1.73. The molecule has 1 saturated carbocycles. The van der Waals surface area contributed by atoms with E-state index in [2.05, 4.69) is 18.9 Å². The van der Waals surface area contributed by atoms with E-state index >= 15 is 0 Å². The summed E-state index contributed by atoms with van der Waals surface area (Å²) in [5, 5.41) is 0. The highest BCUT2D eigenvalue weighted by Crippen LogP contribution is 2.34. The smallest absolute Gasteiger partial charge is 0.0243 e. The third kappa shape index (κ3) is 2.46. The summed E-state index contributed by atoms with van der Waals surface area (Å²) in [5.41, 5.74) is 5.70. The third-order valence-corrected chi connectivity index (χ3v) is 2.55. The second-order valence-electron chi connectivity index (χ2n) is 3.62. The van der Waals surface area contributed by atoms with Crippen molar-refractivity contribution in [2.45, 2.75) is 32.2 Å². The maximum Gasteiger partial charge on any atom is 0.0243 e. The maximum atomic E-state index is 5.70. The van der Waals surface area contributed by atoms with Gasteiger partial charge in [-0.05, 0) is 38.8 Å². The summed E-state index contributed by atoms with van der Waals surface area (Å²) < 4.78 is 0. The number of likely N-dealkylation sites (N-methyl/N-ethyl adjacent to an activating group) is 1. The molecule has 1 fully saturated rings. The Balaban J connectivity index is 2.27. The molecule has 0 amide bonds. The predicted octanol–water partition coefficient (Wildman–Crippen LogP) is 1.07. The van der Waals surface area contributed by atoms with Crippen LogP contribution in [0.1, 0.15) is 26.2 Å². The van der Waals surface area contributed by atoms with Crippen LogP contribution >= 0.6 is 0 Å². The van der Waals surface area contributed by atoms with Crippen molar-refractivity contribution < 1.29 is 0 Å². The van der Waals surface area contributed by atoms with E-state index in [4.69, 9.17) is 5.73 Å². The first-order valence-electron chi connectivity index (χ1n) is 4.70. The van der Waals surface area contributed by atoms with Crippen LogP contribution in [0.25, 0.3) is 0 Å². The minimum atomic E-state index is 0.662. The molecule has 1 rings (SSSR count). The van der Waals surface area contributed by atoms with Crippen molar-refractivity contribution in [3.8, 4) is 0 Å². The van der Waals surface area contributed by atoms with Gasteiger partial charge in [-0.25, -0.2) is 0 Å². The first-order valence-corrected chi connectivity index (χ1v) is 4.70. The number of nitrogens with zero attached hydrogens (tertiary/aromatic N) is 1. The number of rotatable bonds is 5. The molecule has 2 N–H and O–H groups in total. The van der Waals surface area contributed by atoms with Crippen LogP contribution in [0.3, 0.4) is 0 Å². The van der Waals surface area contributed by atoms with E-state index < -0.39 is 0 Å². The van der Waals surface area contributed by atoms with Crippen LogP contribution in [0, 0.1) is 5.92 Å². The van der Waals surface area contributed by atoms with Crippen LogP contribution < -0.4 is 5.73 Å². The standard InChI is InChI=1S/C9H20N2/c1-3-6-11(2)9(7-10)8-4-5-8/h8-9H,3-7,10H2,1-2H3. The lowest BCUT2D eigenvalue weighted by Gasteiger charge is -2.26. The molecule has 1 atom stereocenters. The lowest BCUT2D eigenvalue weighted by Crippen LogP contribution is -2.39. The van der Waals surface area contributed by atoms with Crippen LogP contribution in [0.2, 0.25) is 0 Å². The van der Waals surface area contributed by atoms with Gasteiger partial charge in [-0.3, -0.25) is 0 Å². The fraction of sp³-hybridized carbons (Fsp3) is 1.00. The Morgan fingerprint density at radius 3 is 2.55 bits per heavy atom. The molecule has 0 spiro atoms. The van der Waals surface area contributed by atoms with Gasteiger partial charge in [0, 0.05) is 12.6 Å². The minimum Gasteiger partial charge on any atom is -0.329 e. The van der Waals surface area contributed by atoms with Gasteiger partial charge in [-0.1, -0.05) is 6.92 Å². The Bertz CT molecular complexity index is 110. The first kappa shape index (κ1) is 9.01. The molecular formula is C9H20N2. The SMILES string of the molecule is CCCN(C)C(CN)C1CC1. The molecular weight excluding hydrogens is 136 g/mol. The molecule has 0 bridgehead atoms. The number of hydrogen-bond donors (Lipinski definition) is 1. The molecule has 66 valence electrons. The number of nitrogens with two attached hydrogens (primary N) is 1. The van der Waals surface area contributed by atoms with Crippen molar-refractivity contribution in [2.75, 3.05) is 20.1 Å². The maximum absolute atomic E-state index is 5.70. The molecule has 0 aliphatic heterocycles. The zero-order valence-corrected chi connectivity index (χ0v) is 7.71. The Labute approximate surface area is 69.8 Å². The van der Waals surface area contributed by atoms with E-state index in [0.29, 0.717) is 6.04 Å². The molecule has 11 heavy (non-hydrogen) atoms. The van der Waals surface area contributed by atoms with Crippen LogP contribution in [0.5, 0.6) is 0 Å². The van der Waals surface area contributed by atoms with Crippen molar-refractivity contribution in [1.29, 1.82) is 0 Å².